The molecular formula is C16H18BrN3O2. The molecule has 2 rings (SSSR count). The lowest BCUT2D eigenvalue weighted by Crippen LogP contribution is -2.28. The predicted octanol–water partition coefficient (Wildman–Crippen LogP) is 2.85. The highest BCUT2D eigenvalue weighted by Crippen LogP contribution is 2.27. The minimum Gasteiger partial charge on any atom is -0.496 e. The number of anilines is 1. The third-order valence-corrected chi connectivity index (χ3v) is 3.86. The van der Waals surface area contributed by atoms with Crippen molar-refractivity contribution in [1.29, 1.82) is 0 Å². The van der Waals surface area contributed by atoms with E-state index in [1.54, 1.807) is 25.4 Å². The van der Waals surface area contributed by atoms with Crippen molar-refractivity contribution in [3.8, 4) is 5.75 Å². The van der Waals surface area contributed by atoms with Crippen molar-refractivity contribution in [2.45, 2.75) is 19.4 Å². The van der Waals surface area contributed by atoms with E-state index < -0.39 is 0 Å². The number of amides is 1. The van der Waals surface area contributed by atoms with Crippen molar-refractivity contribution in [3.05, 3.63) is 52.3 Å². The van der Waals surface area contributed by atoms with Crippen LogP contribution in [-0.4, -0.2) is 18.0 Å². The molecule has 3 N–H and O–H groups in total. The van der Waals surface area contributed by atoms with Crippen LogP contribution in [0, 0.1) is 0 Å². The smallest absolute Gasteiger partial charge is 0.226 e. The number of methoxy groups -OCH3 is 1. The first-order chi connectivity index (χ1) is 10.5. The van der Waals surface area contributed by atoms with Crippen LogP contribution >= 0.6 is 15.9 Å². The average molecular weight is 364 g/mol. The Balaban J connectivity index is 1.98. The molecule has 6 heteroatoms. The number of hydrogen-bond donors (Lipinski definition) is 2. The predicted molar refractivity (Wildman–Crippen MR) is 89.6 cm³/mol. The van der Waals surface area contributed by atoms with E-state index in [0.29, 0.717) is 11.4 Å². The van der Waals surface area contributed by atoms with E-state index in [2.05, 4.69) is 26.2 Å². The summed E-state index contributed by atoms with van der Waals surface area (Å²) in [7, 11) is 1.62. The molecule has 0 spiro atoms. The normalized spacial score (nSPS) is 11.8. The van der Waals surface area contributed by atoms with Gasteiger partial charge in [0.25, 0.3) is 0 Å². The Morgan fingerprint density at radius 3 is 2.77 bits per heavy atom. The van der Waals surface area contributed by atoms with Crippen molar-refractivity contribution in [3.63, 3.8) is 0 Å². The summed E-state index contributed by atoms with van der Waals surface area (Å²) in [5.74, 6) is 0.671. The average Bonchev–Trinajstić information content (AvgIpc) is 2.49. The summed E-state index contributed by atoms with van der Waals surface area (Å²) in [6.07, 6.45) is 1.77. The van der Waals surface area contributed by atoms with Gasteiger partial charge in [-0.2, -0.15) is 0 Å². The molecule has 1 aromatic heterocycles. The molecule has 1 atom stereocenters. The van der Waals surface area contributed by atoms with Gasteiger partial charge in [0.2, 0.25) is 5.91 Å². The molecule has 0 radical (unpaired) electrons. The molecule has 0 aliphatic heterocycles. The maximum absolute atomic E-state index is 12.1. The topological polar surface area (TPSA) is 77.2 Å². The number of aromatic nitrogens is 1. The molecule has 0 saturated carbocycles. The molecule has 1 heterocycles. The number of nitrogen functional groups attached to an aromatic ring is 1. The Bertz CT molecular complexity index is 659. The molecule has 1 aromatic carbocycles. The zero-order valence-electron chi connectivity index (χ0n) is 12.5. The summed E-state index contributed by atoms with van der Waals surface area (Å²) in [4.78, 5) is 16.2. The molecule has 1 amide bonds. The third kappa shape index (κ3) is 4.21. The van der Waals surface area contributed by atoms with Gasteiger partial charge in [-0.1, -0.05) is 6.07 Å². The summed E-state index contributed by atoms with van der Waals surface area (Å²) in [5, 5.41) is 2.95. The van der Waals surface area contributed by atoms with Crippen molar-refractivity contribution in [2.24, 2.45) is 0 Å². The zero-order chi connectivity index (χ0) is 16.1. The van der Waals surface area contributed by atoms with Gasteiger partial charge in [-0.05, 0) is 52.7 Å². The highest BCUT2D eigenvalue weighted by Gasteiger charge is 2.12. The lowest BCUT2D eigenvalue weighted by molar-refractivity contribution is -0.121. The van der Waals surface area contributed by atoms with Gasteiger partial charge >= 0.3 is 0 Å². The van der Waals surface area contributed by atoms with E-state index in [4.69, 9.17) is 10.5 Å². The summed E-state index contributed by atoms with van der Waals surface area (Å²) in [6, 6.07) is 9.11. The Morgan fingerprint density at radius 1 is 1.41 bits per heavy atom. The number of carbonyl (C=O) groups excluding carboxylic acids is 1. The van der Waals surface area contributed by atoms with Crippen molar-refractivity contribution < 1.29 is 9.53 Å². The van der Waals surface area contributed by atoms with Gasteiger partial charge in [-0.15, -0.1) is 0 Å². The molecule has 0 bridgehead atoms. The van der Waals surface area contributed by atoms with Crippen LogP contribution in [0.15, 0.2) is 41.0 Å². The van der Waals surface area contributed by atoms with E-state index in [-0.39, 0.29) is 18.4 Å². The van der Waals surface area contributed by atoms with Crippen molar-refractivity contribution in [2.75, 3.05) is 12.8 Å². The maximum atomic E-state index is 12.1. The molecule has 0 aliphatic carbocycles. The Labute approximate surface area is 138 Å². The number of halogens is 1. The quantitative estimate of drug-likeness (QED) is 0.855. The van der Waals surface area contributed by atoms with Gasteiger partial charge in [0.15, 0.2) is 0 Å². The fourth-order valence-corrected chi connectivity index (χ4v) is 2.59. The monoisotopic (exact) mass is 363 g/mol. The van der Waals surface area contributed by atoms with Crippen LogP contribution in [0.1, 0.15) is 24.2 Å². The largest absolute Gasteiger partial charge is 0.496 e. The van der Waals surface area contributed by atoms with E-state index in [1.165, 1.54) is 0 Å². The van der Waals surface area contributed by atoms with Gasteiger partial charge in [-0.3, -0.25) is 9.78 Å². The SMILES string of the molecule is COc1ccc(C(C)NC(=O)Cc2ccc(N)cn2)cc1Br. The lowest BCUT2D eigenvalue weighted by atomic mass is 10.1. The van der Waals surface area contributed by atoms with Gasteiger partial charge in [0.05, 0.1) is 35.9 Å². The molecule has 22 heavy (non-hydrogen) atoms. The van der Waals surface area contributed by atoms with E-state index in [9.17, 15) is 4.79 Å². The Hall–Kier alpha value is -2.08. The minimum atomic E-state index is -0.108. The number of pyridine rings is 1. The fourth-order valence-electron chi connectivity index (χ4n) is 2.03. The fraction of sp³-hybridized carbons (Fsp3) is 0.250. The van der Waals surface area contributed by atoms with Crippen molar-refractivity contribution >= 4 is 27.5 Å². The van der Waals surface area contributed by atoms with Crippen LogP contribution in [-0.2, 0) is 11.2 Å². The van der Waals surface area contributed by atoms with Crippen LogP contribution in [0.25, 0.3) is 0 Å². The number of hydrogen-bond acceptors (Lipinski definition) is 4. The molecule has 116 valence electrons. The number of carbonyl (C=O) groups is 1. The summed E-state index contributed by atoms with van der Waals surface area (Å²) in [5.41, 5.74) is 7.84. The van der Waals surface area contributed by atoms with Crippen LogP contribution < -0.4 is 15.8 Å². The first kappa shape index (κ1) is 16.3. The van der Waals surface area contributed by atoms with E-state index in [0.717, 1.165) is 15.8 Å². The number of nitrogens with zero attached hydrogens (tertiary/aromatic N) is 1. The number of rotatable bonds is 5. The Morgan fingerprint density at radius 2 is 2.18 bits per heavy atom. The summed E-state index contributed by atoms with van der Waals surface area (Å²) < 4.78 is 6.05. The second-order valence-electron chi connectivity index (χ2n) is 4.94. The highest BCUT2D eigenvalue weighted by molar-refractivity contribution is 9.10. The first-order valence-electron chi connectivity index (χ1n) is 6.83. The lowest BCUT2D eigenvalue weighted by Gasteiger charge is -2.15. The number of nitrogens with one attached hydrogen (secondary N) is 1. The molecule has 0 aliphatic rings. The van der Waals surface area contributed by atoms with Crippen LogP contribution in [0.5, 0.6) is 5.75 Å². The first-order valence-corrected chi connectivity index (χ1v) is 7.62. The molecule has 2 aromatic rings. The van der Waals surface area contributed by atoms with Crippen molar-refractivity contribution in [1.82, 2.24) is 10.3 Å². The van der Waals surface area contributed by atoms with Crippen LogP contribution in [0.3, 0.4) is 0 Å². The van der Waals surface area contributed by atoms with Gasteiger partial charge < -0.3 is 15.8 Å². The number of ether oxygens (including phenoxy) is 1. The van der Waals surface area contributed by atoms with Gasteiger partial charge in [0, 0.05) is 5.69 Å². The van der Waals surface area contributed by atoms with Gasteiger partial charge in [0.1, 0.15) is 5.75 Å². The van der Waals surface area contributed by atoms with Crippen LogP contribution in [0.2, 0.25) is 0 Å². The maximum Gasteiger partial charge on any atom is 0.226 e. The summed E-state index contributed by atoms with van der Waals surface area (Å²) in [6.45, 7) is 1.93. The molecule has 0 fully saturated rings. The number of nitrogens with two attached hydrogens (primary N) is 1. The second-order valence-corrected chi connectivity index (χ2v) is 5.80. The molecular weight excluding hydrogens is 346 g/mol. The third-order valence-electron chi connectivity index (χ3n) is 3.24. The molecule has 1 unspecified atom stereocenters. The second kappa shape index (κ2) is 7.26. The standard InChI is InChI=1S/C16H18BrN3O2/c1-10(11-3-6-15(22-2)14(17)7-11)20-16(21)8-13-5-4-12(18)9-19-13/h3-7,9-10H,8,18H2,1-2H3,(H,20,21). The highest BCUT2D eigenvalue weighted by atomic mass is 79.9. The molecule has 5 nitrogen and oxygen atoms in total. The van der Waals surface area contributed by atoms with Crippen LogP contribution in [0.4, 0.5) is 5.69 Å². The zero-order valence-corrected chi connectivity index (χ0v) is 14.1. The van der Waals surface area contributed by atoms with E-state index >= 15 is 0 Å². The molecule has 0 saturated heterocycles. The minimum absolute atomic E-state index is 0.0864. The number of benzene rings is 1. The van der Waals surface area contributed by atoms with E-state index in [1.807, 2.05) is 25.1 Å². The summed E-state index contributed by atoms with van der Waals surface area (Å²) >= 11 is 3.44. The van der Waals surface area contributed by atoms with Gasteiger partial charge in [-0.25, -0.2) is 0 Å². The Kier molecular flexibility index (Phi) is 5.38.